The Labute approximate surface area is 138 Å². The molecule has 1 rings (SSSR count). The van der Waals surface area contributed by atoms with Crippen LogP contribution in [0.5, 0.6) is 0 Å². The number of carbonyl (C=O) groups excluding carboxylic acids is 1. The molecule has 0 aromatic heterocycles. The number of anilines is 1. The summed E-state index contributed by atoms with van der Waals surface area (Å²) < 4.78 is 25.1. The van der Waals surface area contributed by atoms with Gasteiger partial charge in [-0.2, -0.15) is 5.10 Å². The van der Waals surface area contributed by atoms with Crippen LogP contribution < -0.4 is 9.73 Å². The molecule has 1 N–H and O–H groups in total. The molecule has 23 heavy (non-hydrogen) atoms. The van der Waals surface area contributed by atoms with Crippen molar-refractivity contribution in [2.45, 2.75) is 34.6 Å². The molecule has 0 saturated carbocycles. The van der Waals surface area contributed by atoms with Gasteiger partial charge in [0.25, 0.3) is 5.91 Å². The van der Waals surface area contributed by atoms with Gasteiger partial charge in [0.15, 0.2) is 0 Å². The lowest BCUT2D eigenvalue weighted by molar-refractivity contribution is -0.119. The SMILES string of the molecule is C/C(=N\NC(=O)CN(c1ccccc1C)S(C)(=O)=O)C(C)(C)C. The third kappa shape index (κ3) is 5.67. The van der Waals surface area contributed by atoms with Crippen molar-refractivity contribution in [3.63, 3.8) is 0 Å². The van der Waals surface area contributed by atoms with Gasteiger partial charge in [0.2, 0.25) is 10.0 Å². The fourth-order valence-corrected chi connectivity index (χ4v) is 2.62. The molecule has 0 bridgehead atoms. The molecule has 0 aliphatic heterocycles. The highest BCUT2D eigenvalue weighted by Crippen LogP contribution is 2.21. The van der Waals surface area contributed by atoms with Gasteiger partial charge in [-0.15, -0.1) is 0 Å². The predicted octanol–water partition coefficient (Wildman–Crippen LogP) is 2.30. The summed E-state index contributed by atoms with van der Waals surface area (Å²) in [7, 11) is -3.58. The molecule has 0 heterocycles. The smallest absolute Gasteiger partial charge is 0.260 e. The van der Waals surface area contributed by atoms with Crippen molar-refractivity contribution in [3.8, 4) is 0 Å². The summed E-state index contributed by atoms with van der Waals surface area (Å²) in [5.74, 6) is -0.484. The molecule has 0 unspecified atom stereocenters. The van der Waals surface area contributed by atoms with Crippen molar-refractivity contribution in [2.24, 2.45) is 10.5 Å². The maximum Gasteiger partial charge on any atom is 0.260 e. The summed E-state index contributed by atoms with van der Waals surface area (Å²) in [6.07, 6.45) is 1.08. The third-order valence-corrected chi connectivity index (χ3v) is 4.63. The number of sulfonamides is 1. The lowest BCUT2D eigenvalue weighted by Crippen LogP contribution is -2.39. The summed E-state index contributed by atoms with van der Waals surface area (Å²) in [4.78, 5) is 12.1. The normalized spacial score (nSPS) is 12.9. The zero-order chi connectivity index (χ0) is 17.8. The fraction of sp³-hybridized carbons (Fsp3) is 0.500. The predicted molar refractivity (Wildman–Crippen MR) is 94.1 cm³/mol. The van der Waals surface area contributed by atoms with E-state index in [1.54, 1.807) is 25.1 Å². The first-order valence-corrected chi connectivity index (χ1v) is 9.14. The molecule has 0 atom stereocenters. The number of benzene rings is 1. The number of hydrazone groups is 1. The van der Waals surface area contributed by atoms with E-state index in [1.165, 1.54) is 0 Å². The van der Waals surface area contributed by atoms with E-state index in [-0.39, 0.29) is 12.0 Å². The number of amides is 1. The minimum Gasteiger partial charge on any atom is -0.271 e. The molecule has 0 aliphatic carbocycles. The van der Waals surface area contributed by atoms with E-state index < -0.39 is 15.9 Å². The molecule has 7 heteroatoms. The molecular weight excluding hydrogens is 314 g/mol. The Morgan fingerprint density at radius 1 is 1.26 bits per heavy atom. The van der Waals surface area contributed by atoms with Gasteiger partial charge >= 0.3 is 0 Å². The molecule has 1 amide bonds. The number of nitrogens with one attached hydrogen (secondary N) is 1. The van der Waals surface area contributed by atoms with Crippen LogP contribution in [0.4, 0.5) is 5.69 Å². The van der Waals surface area contributed by atoms with Gasteiger partial charge in [-0.25, -0.2) is 13.8 Å². The second-order valence-electron chi connectivity index (χ2n) is 6.54. The van der Waals surface area contributed by atoms with Crippen LogP contribution in [0.15, 0.2) is 29.4 Å². The van der Waals surface area contributed by atoms with Crippen LogP contribution in [-0.4, -0.2) is 32.8 Å². The van der Waals surface area contributed by atoms with Crippen molar-refractivity contribution < 1.29 is 13.2 Å². The van der Waals surface area contributed by atoms with Gasteiger partial charge in [-0.1, -0.05) is 39.0 Å². The minimum absolute atomic E-state index is 0.167. The molecule has 6 nitrogen and oxygen atoms in total. The summed E-state index contributed by atoms with van der Waals surface area (Å²) in [6, 6.07) is 7.03. The maximum atomic E-state index is 12.1. The van der Waals surface area contributed by atoms with E-state index >= 15 is 0 Å². The first kappa shape index (κ1) is 19.2. The van der Waals surface area contributed by atoms with E-state index in [4.69, 9.17) is 0 Å². The topological polar surface area (TPSA) is 78.8 Å². The average Bonchev–Trinajstić information content (AvgIpc) is 2.41. The highest BCUT2D eigenvalue weighted by molar-refractivity contribution is 7.92. The number of carbonyl (C=O) groups is 1. The number of nitrogens with zero attached hydrogens (tertiary/aromatic N) is 2. The van der Waals surface area contributed by atoms with Crippen LogP contribution in [-0.2, 0) is 14.8 Å². The third-order valence-electron chi connectivity index (χ3n) is 3.51. The number of rotatable bonds is 5. The molecule has 0 aliphatic rings. The number of aryl methyl sites for hydroxylation is 1. The molecule has 1 aromatic carbocycles. The zero-order valence-electron chi connectivity index (χ0n) is 14.5. The lowest BCUT2D eigenvalue weighted by atomic mass is 9.91. The molecular formula is C16H25N3O3S. The Kier molecular flexibility index (Phi) is 5.93. The first-order chi connectivity index (χ1) is 10.4. The summed E-state index contributed by atoms with van der Waals surface area (Å²) in [6.45, 7) is 9.24. The number of hydrogen-bond acceptors (Lipinski definition) is 4. The van der Waals surface area contributed by atoms with Gasteiger partial charge in [0.1, 0.15) is 6.54 Å². The monoisotopic (exact) mass is 339 g/mol. The van der Waals surface area contributed by atoms with E-state index in [2.05, 4.69) is 10.5 Å². The van der Waals surface area contributed by atoms with Crippen LogP contribution in [0.2, 0.25) is 0 Å². The maximum absolute atomic E-state index is 12.1. The van der Waals surface area contributed by atoms with Gasteiger partial charge in [0, 0.05) is 11.1 Å². The Bertz CT molecular complexity index is 704. The first-order valence-electron chi connectivity index (χ1n) is 7.30. The van der Waals surface area contributed by atoms with E-state index in [0.29, 0.717) is 5.69 Å². The van der Waals surface area contributed by atoms with Gasteiger partial charge in [-0.05, 0) is 25.5 Å². The lowest BCUT2D eigenvalue weighted by Gasteiger charge is -2.23. The molecule has 0 saturated heterocycles. The highest BCUT2D eigenvalue weighted by atomic mass is 32.2. The van der Waals surface area contributed by atoms with Crippen molar-refractivity contribution in [3.05, 3.63) is 29.8 Å². The molecule has 0 fully saturated rings. The Morgan fingerprint density at radius 2 is 1.83 bits per heavy atom. The summed E-state index contributed by atoms with van der Waals surface area (Å²) >= 11 is 0. The molecule has 128 valence electrons. The van der Waals surface area contributed by atoms with Crippen LogP contribution >= 0.6 is 0 Å². The standard InChI is InChI=1S/C16H25N3O3S/c1-12-9-7-8-10-14(12)19(23(6,21)22)11-15(20)18-17-13(2)16(3,4)5/h7-10H,11H2,1-6H3,(H,18,20)/b17-13+. The Balaban J connectivity index is 2.97. The van der Waals surface area contributed by atoms with E-state index in [1.807, 2.05) is 33.8 Å². The Hall–Kier alpha value is -1.89. The van der Waals surface area contributed by atoms with Gasteiger partial charge in [0.05, 0.1) is 11.9 Å². The van der Waals surface area contributed by atoms with Gasteiger partial charge < -0.3 is 0 Å². The fourth-order valence-electron chi connectivity index (χ4n) is 1.70. The largest absolute Gasteiger partial charge is 0.271 e. The van der Waals surface area contributed by atoms with Crippen molar-refractivity contribution in [1.82, 2.24) is 5.43 Å². The average molecular weight is 339 g/mol. The Morgan fingerprint density at radius 3 is 2.30 bits per heavy atom. The van der Waals surface area contributed by atoms with E-state index in [0.717, 1.165) is 21.8 Å². The van der Waals surface area contributed by atoms with Crippen molar-refractivity contribution >= 4 is 27.3 Å². The molecule has 0 radical (unpaired) electrons. The molecule has 1 aromatic rings. The van der Waals surface area contributed by atoms with Crippen LogP contribution in [0.1, 0.15) is 33.3 Å². The molecule has 0 spiro atoms. The van der Waals surface area contributed by atoms with Crippen molar-refractivity contribution in [2.75, 3.05) is 17.1 Å². The summed E-state index contributed by atoms with van der Waals surface area (Å²) in [5, 5.41) is 4.04. The van der Waals surface area contributed by atoms with Crippen LogP contribution in [0.3, 0.4) is 0 Å². The second kappa shape index (κ2) is 7.12. The number of para-hydroxylation sites is 1. The van der Waals surface area contributed by atoms with Crippen LogP contribution in [0, 0.1) is 12.3 Å². The van der Waals surface area contributed by atoms with Crippen molar-refractivity contribution in [1.29, 1.82) is 0 Å². The number of hydrogen-bond donors (Lipinski definition) is 1. The minimum atomic E-state index is -3.58. The second-order valence-corrected chi connectivity index (χ2v) is 8.45. The van der Waals surface area contributed by atoms with E-state index in [9.17, 15) is 13.2 Å². The zero-order valence-corrected chi connectivity index (χ0v) is 15.4. The summed E-state index contributed by atoms with van der Waals surface area (Å²) in [5.41, 5.74) is 4.28. The quantitative estimate of drug-likeness (QED) is 0.660. The highest BCUT2D eigenvalue weighted by Gasteiger charge is 2.22. The van der Waals surface area contributed by atoms with Crippen LogP contribution in [0.25, 0.3) is 0 Å². The van der Waals surface area contributed by atoms with Gasteiger partial charge in [-0.3, -0.25) is 9.10 Å².